The fraction of sp³-hybridized carbons (Fsp3) is 0.0769. The molecule has 4 N–H and O–H groups in total. The summed E-state index contributed by atoms with van der Waals surface area (Å²) in [7, 11) is 1.78. The molecule has 0 radical (unpaired) electrons. The van der Waals surface area contributed by atoms with Gasteiger partial charge in [0.1, 0.15) is 11.5 Å². The highest BCUT2D eigenvalue weighted by Crippen LogP contribution is 2.34. The van der Waals surface area contributed by atoms with Gasteiger partial charge in [0.15, 0.2) is 0 Å². The van der Waals surface area contributed by atoms with Crippen LogP contribution in [-0.2, 0) is 0 Å². The van der Waals surface area contributed by atoms with E-state index in [0.29, 0.717) is 16.4 Å². The molecule has 2 aromatic carbocycles. The van der Waals surface area contributed by atoms with Gasteiger partial charge in [-0.15, -0.1) is 0 Å². The van der Waals surface area contributed by atoms with E-state index < -0.39 is 0 Å². The second-order valence-electron chi connectivity index (χ2n) is 3.77. The molecule has 0 aliphatic carbocycles. The molecule has 0 aromatic heterocycles. The number of nitrogens with one attached hydrogen (secondary N) is 2. The summed E-state index contributed by atoms with van der Waals surface area (Å²) in [5, 5.41) is 25.8. The van der Waals surface area contributed by atoms with E-state index in [1.807, 2.05) is 0 Å². The number of rotatable bonds is 3. The number of phenols is 2. The van der Waals surface area contributed by atoms with Crippen LogP contribution in [0, 0.1) is 0 Å². The molecule has 0 saturated carbocycles. The molecular weight excluding hydrogens is 252 g/mol. The van der Waals surface area contributed by atoms with Gasteiger partial charge in [0, 0.05) is 17.8 Å². The summed E-state index contributed by atoms with van der Waals surface area (Å²) in [4.78, 5) is 0. The van der Waals surface area contributed by atoms with Gasteiger partial charge in [-0.05, 0) is 36.4 Å². The number of anilines is 3. The predicted octanol–water partition coefficient (Wildman–Crippen LogP) is 3.54. The summed E-state index contributed by atoms with van der Waals surface area (Å²) >= 11 is 5.86. The zero-order chi connectivity index (χ0) is 13.1. The Hall–Kier alpha value is -2.07. The maximum atomic E-state index is 9.75. The molecule has 18 heavy (non-hydrogen) atoms. The van der Waals surface area contributed by atoms with Crippen molar-refractivity contribution in [2.75, 3.05) is 17.7 Å². The van der Waals surface area contributed by atoms with Gasteiger partial charge in [0.2, 0.25) is 0 Å². The van der Waals surface area contributed by atoms with Gasteiger partial charge in [-0.1, -0.05) is 11.6 Å². The molecule has 0 unspecified atom stereocenters. The number of benzene rings is 2. The highest BCUT2D eigenvalue weighted by atomic mass is 35.5. The van der Waals surface area contributed by atoms with E-state index in [-0.39, 0.29) is 11.5 Å². The van der Waals surface area contributed by atoms with Crippen LogP contribution >= 0.6 is 11.6 Å². The van der Waals surface area contributed by atoms with E-state index in [9.17, 15) is 10.2 Å². The van der Waals surface area contributed by atoms with Crippen molar-refractivity contribution in [1.29, 1.82) is 0 Å². The van der Waals surface area contributed by atoms with Crippen LogP contribution < -0.4 is 10.6 Å². The molecule has 2 rings (SSSR count). The smallest absolute Gasteiger partial charge is 0.139 e. The number of hydrogen-bond donors (Lipinski definition) is 4. The fourth-order valence-corrected chi connectivity index (χ4v) is 1.72. The third kappa shape index (κ3) is 2.60. The molecule has 0 amide bonds. The summed E-state index contributed by atoms with van der Waals surface area (Å²) in [6.45, 7) is 0. The minimum Gasteiger partial charge on any atom is -0.506 e. The molecule has 4 nitrogen and oxygen atoms in total. The zero-order valence-electron chi connectivity index (χ0n) is 9.74. The fourth-order valence-electron chi connectivity index (χ4n) is 1.55. The van der Waals surface area contributed by atoms with Gasteiger partial charge < -0.3 is 20.8 Å². The first-order chi connectivity index (χ1) is 8.60. The van der Waals surface area contributed by atoms with Crippen molar-refractivity contribution in [1.82, 2.24) is 0 Å². The minimum absolute atomic E-state index is 0.0636. The lowest BCUT2D eigenvalue weighted by Gasteiger charge is -2.12. The van der Waals surface area contributed by atoms with Crippen LogP contribution in [0.5, 0.6) is 11.5 Å². The van der Waals surface area contributed by atoms with Gasteiger partial charge in [-0.3, -0.25) is 0 Å². The molecule has 0 aliphatic heterocycles. The monoisotopic (exact) mass is 264 g/mol. The van der Waals surface area contributed by atoms with Crippen molar-refractivity contribution in [3.05, 3.63) is 41.4 Å². The lowest BCUT2D eigenvalue weighted by molar-refractivity contribution is 0.475. The van der Waals surface area contributed by atoms with Crippen LogP contribution in [-0.4, -0.2) is 17.3 Å². The largest absolute Gasteiger partial charge is 0.506 e. The molecule has 0 spiro atoms. The van der Waals surface area contributed by atoms with E-state index in [2.05, 4.69) is 10.6 Å². The van der Waals surface area contributed by atoms with Crippen molar-refractivity contribution in [3.63, 3.8) is 0 Å². The van der Waals surface area contributed by atoms with Crippen molar-refractivity contribution >= 4 is 28.7 Å². The number of hydrogen-bond acceptors (Lipinski definition) is 4. The minimum atomic E-state index is 0.0636. The van der Waals surface area contributed by atoms with E-state index >= 15 is 0 Å². The van der Waals surface area contributed by atoms with Crippen molar-refractivity contribution in [2.45, 2.75) is 0 Å². The molecule has 5 heteroatoms. The van der Waals surface area contributed by atoms with Crippen molar-refractivity contribution in [2.24, 2.45) is 0 Å². The molecule has 0 atom stereocenters. The summed E-state index contributed by atoms with van der Waals surface area (Å²) < 4.78 is 0. The Bertz CT molecular complexity index is 573. The number of halogens is 1. The van der Waals surface area contributed by atoms with Gasteiger partial charge in [0.05, 0.1) is 11.4 Å². The zero-order valence-corrected chi connectivity index (χ0v) is 10.5. The summed E-state index contributed by atoms with van der Waals surface area (Å²) in [5.74, 6) is 0.155. The highest BCUT2D eigenvalue weighted by molar-refractivity contribution is 6.31. The standard InChI is InChI=1S/C13H13ClN2O2/c1-15-9-3-5-13(18)11(7-9)16-10-6-8(14)2-4-12(10)17/h2-7,15-18H,1H3. The van der Waals surface area contributed by atoms with Crippen LogP contribution in [0.15, 0.2) is 36.4 Å². The van der Waals surface area contributed by atoms with Gasteiger partial charge in [-0.2, -0.15) is 0 Å². The lowest BCUT2D eigenvalue weighted by Crippen LogP contribution is -1.94. The Morgan fingerprint density at radius 3 is 2.22 bits per heavy atom. The third-order valence-electron chi connectivity index (χ3n) is 2.51. The second-order valence-corrected chi connectivity index (χ2v) is 4.20. The summed E-state index contributed by atoms with van der Waals surface area (Å²) in [6, 6.07) is 9.71. The SMILES string of the molecule is CNc1ccc(O)c(Nc2cc(Cl)ccc2O)c1. The van der Waals surface area contributed by atoms with Crippen LogP contribution in [0.3, 0.4) is 0 Å². The van der Waals surface area contributed by atoms with E-state index in [1.165, 1.54) is 6.07 Å². The van der Waals surface area contributed by atoms with E-state index in [0.717, 1.165) is 5.69 Å². The topological polar surface area (TPSA) is 64.5 Å². The molecule has 0 fully saturated rings. The van der Waals surface area contributed by atoms with Crippen molar-refractivity contribution in [3.8, 4) is 11.5 Å². The third-order valence-corrected chi connectivity index (χ3v) is 2.75. The Morgan fingerprint density at radius 1 is 0.944 bits per heavy atom. The normalized spacial score (nSPS) is 10.1. The average Bonchev–Trinajstić information content (AvgIpc) is 2.36. The van der Waals surface area contributed by atoms with Crippen LogP contribution in [0.25, 0.3) is 0 Å². The quantitative estimate of drug-likeness (QED) is 0.506. The lowest BCUT2D eigenvalue weighted by atomic mass is 10.2. The summed E-state index contributed by atoms with van der Waals surface area (Å²) in [5.41, 5.74) is 1.77. The average molecular weight is 265 g/mol. The number of phenolic OH excluding ortho intramolecular Hbond substituents is 2. The Balaban J connectivity index is 2.36. The van der Waals surface area contributed by atoms with Gasteiger partial charge in [0.25, 0.3) is 0 Å². The molecule has 0 bridgehead atoms. The predicted molar refractivity (Wildman–Crippen MR) is 74.1 cm³/mol. The van der Waals surface area contributed by atoms with Crippen LogP contribution in [0.2, 0.25) is 5.02 Å². The molecule has 2 aromatic rings. The molecular formula is C13H13ClN2O2. The van der Waals surface area contributed by atoms with Crippen molar-refractivity contribution < 1.29 is 10.2 Å². The molecule has 0 aliphatic rings. The Morgan fingerprint density at radius 2 is 1.56 bits per heavy atom. The van der Waals surface area contributed by atoms with Gasteiger partial charge in [-0.25, -0.2) is 0 Å². The Kier molecular flexibility index (Phi) is 3.48. The van der Waals surface area contributed by atoms with Crippen LogP contribution in [0.1, 0.15) is 0 Å². The maximum absolute atomic E-state index is 9.75. The number of aromatic hydroxyl groups is 2. The molecule has 0 saturated heterocycles. The highest BCUT2D eigenvalue weighted by Gasteiger charge is 2.06. The summed E-state index contributed by atoms with van der Waals surface area (Å²) in [6.07, 6.45) is 0. The second kappa shape index (κ2) is 5.06. The van der Waals surface area contributed by atoms with Gasteiger partial charge >= 0.3 is 0 Å². The van der Waals surface area contributed by atoms with Crippen LogP contribution in [0.4, 0.5) is 17.1 Å². The first-order valence-corrected chi connectivity index (χ1v) is 5.74. The van der Waals surface area contributed by atoms with E-state index in [4.69, 9.17) is 11.6 Å². The Labute approximate surface area is 110 Å². The maximum Gasteiger partial charge on any atom is 0.139 e. The first-order valence-electron chi connectivity index (χ1n) is 5.36. The van der Waals surface area contributed by atoms with E-state index in [1.54, 1.807) is 37.4 Å². The molecule has 94 valence electrons. The molecule has 0 heterocycles. The first kappa shape index (κ1) is 12.4.